The van der Waals surface area contributed by atoms with Gasteiger partial charge in [0.15, 0.2) is 6.10 Å². The summed E-state index contributed by atoms with van der Waals surface area (Å²) < 4.78 is 13.2. The lowest BCUT2D eigenvalue weighted by Gasteiger charge is -2.19. The minimum Gasteiger partial charge on any atom is -0.488 e. The minimum atomic E-state index is -0.452. The molecule has 0 radical (unpaired) electrons. The number of hydrogen-bond acceptors (Lipinski definition) is 4. The summed E-state index contributed by atoms with van der Waals surface area (Å²) >= 11 is 6.16. The van der Waals surface area contributed by atoms with Crippen molar-refractivity contribution in [3.8, 4) is 5.75 Å². The number of para-hydroxylation sites is 2. The first kappa shape index (κ1) is 17.3. The third kappa shape index (κ3) is 4.31. The summed E-state index contributed by atoms with van der Waals surface area (Å²) in [6.45, 7) is 4.00. The molecule has 0 aliphatic heterocycles. The summed E-state index contributed by atoms with van der Waals surface area (Å²) in [4.78, 5) is 15.8. The Morgan fingerprint density at radius 2 is 2.08 bits per heavy atom. The van der Waals surface area contributed by atoms with E-state index in [2.05, 4.69) is 4.98 Å². The summed E-state index contributed by atoms with van der Waals surface area (Å²) in [6.07, 6.45) is 1.28. The minimum absolute atomic E-state index is 0.204. The van der Waals surface area contributed by atoms with Gasteiger partial charge in [0.2, 0.25) is 0 Å². The number of imidazole rings is 1. The van der Waals surface area contributed by atoms with Crippen LogP contribution in [0.4, 0.5) is 0 Å². The number of fused-ring (bicyclic) bond motifs is 1. The summed E-state index contributed by atoms with van der Waals surface area (Å²) in [5.74, 6) is 0.225. The second kappa shape index (κ2) is 7.57. The lowest BCUT2D eigenvalue weighted by atomic mass is 10.2. The van der Waals surface area contributed by atoms with E-state index in [0.29, 0.717) is 17.3 Å². The zero-order chi connectivity index (χ0) is 17.8. The van der Waals surface area contributed by atoms with Crippen LogP contribution >= 0.6 is 11.6 Å². The third-order valence-corrected chi connectivity index (χ3v) is 4.08. The number of esters is 1. The van der Waals surface area contributed by atoms with Crippen molar-refractivity contribution in [3.05, 3.63) is 59.4 Å². The van der Waals surface area contributed by atoms with E-state index < -0.39 is 6.10 Å². The summed E-state index contributed by atoms with van der Waals surface area (Å²) in [6, 6.07) is 13.4. The van der Waals surface area contributed by atoms with E-state index in [-0.39, 0.29) is 12.6 Å². The standard InChI is InChI=1S/C19H19ClN2O3/c1-13-7-8-16(20)19(9-13)24-11-15(25-14(2)23)10-22-12-21-17-5-3-4-6-18(17)22/h3-9,12,15H,10-11H2,1-2H3/t15-/m1/s1. The third-order valence-electron chi connectivity index (χ3n) is 3.77. The summed E-state index contributed by atoms with van der Waals surface area (Å²) in [5.41, 5.74) is 2.92. The summed E-state index contributed by atoms with van der Waals surface area (Å²) in [7, 11) is 0. The van der Waals surface area contributed by atoms with Crippen molar-refractivity contribution in [2.75, 3.05) is 6.61 Å². The van der Waals surface area contributed by atoms with E-state index in [1.807, 2.05) is 47.9 Å². The van der Waals surface area contributed by atoms with Crippen molar-refractivity contribution >= 4 is 28.6 Å². The molecule has 5 nitrogen and oxygen atoms in total. The van der Waals surface area contributed by atoms with Crippen molar-refractivity contribution < 1.29 is 14.3 Å². The molecule has 25 heavy (non-hydrogen) atoms. The van der Waals surface area contributed by atoms with Gasteiger partial charge >= 0.3 is 5.97 Å². The molecule has 0 fully saturated rings. The van der Waals surface area contributed by atoms with Gasteiger partial charge in [0.05, 0.1) is 28.9 Å². The summed E-state index contributed by atoms with van der Waals surface area (Å²) in [5, 5.41) is 0.528. The molecule has 1 atom stereocenters. The van der Waals surface area contributed by atoms with Crippen LogP contribution in [-0.2, 0) is 16.1 Å². The van der Waals surface area contributed by atoms with Gasteiger partial charge in [-0.3, -0.25) is 4.79 Å². The van der Waals surface area contributed by atoms with Gasteiger partial charge in [-0.1, -0.05) is 29.8 Å². The van der Waals surface area contributed by atoms with Crippen LogP contribution in [-0.4, -0.2) is 28.2 Å². The molecule has 0 aliphatic rings. The Bertz CT molecular complexity index is 891. The second-order valence-corrected chi connectivity index (χ2v) is 6.27. The number of ether oxygens (including phenoxy) is 2. The van der Waals surface area contributed by atoms with Crippen LogP contribution in [0.25, 0.3) is 11.0 Å². The molecule has 3 aromatic rings. The number of aryl methyl sites for hydroxylation is 1. The van der Waals surface area contributed by atoms with Gasteiger partial charge in [-0.15, -0.1) is 0 Å². The van der Waals surface area contributed by atoms with Crippen LogP contribution in [0.5, 0.6) is 5.75 Å². The van der Waals surface area contributed by atoms with Gasteiger partial charge in [0.1, 0.15) is 12.4 Å². The van der Waals surface area contributed by atoms with E-state index in [4.69, 9.17) is 21.1 Å². The maximum atomic E-state index is 11.4. The fourth-order valence-electron chi connectivity index (χ4n) is 2.64. The van der Waals surface area contributed by atoms with E-state index in [0.717, 1.165) is 16.6 Å². The number of hydrogen-bond donors (Lipinski definition) is 0. The van der Waals surface area contributed by atoms with Crippen molar-refractivity contribution in [1.82, 2.24) is 9.55 Å². The highest BCUT2D eigenvalue weighted by Crippen LogP contribution is 2.25. The molecule has 130 valence electrons. The molecule has 0 aliphatic carbocycles. The van der Waals surface area contributed by atoms with Crippen LogP contribution in [0.3, 0.4) is 0 Å². The van der Waals surface area contributed by atoms with E-state index in [9.17, 15) is 4.79 Å². The van der Waals surface area contributed by atoms with E-state index in [1.165, 1.54) is 6.92 Å². The van der Waals surface area contributed by atoms with E-state index in [1.54, 1.807) is 12.4 Å². The SMILES string of the molecule is CC(=O)O[C@@H](COc1cc(C)ccc1Cl)Cn1cnc2ccccc21. The zero-order valence-electron chi connectivity index (χ0n) is 14.1. The van der Waals surface area contributed by atoms with Crippen LogP contribution < -0.4 is 4.74 Å². The molecule has 3 rings (SSSR count). The first-order valence-corrected chi connectivity index (χ1v) is 8.37. The molecule has 0 amide bonds. The second-order valence-electron chi connectivity index (χ2n) is 5.86. The molecule has 0 spiro atoms. The lowest BCUT2D eigenvalue weighted by Crippen LogP contribution is -2.28. The highest BCUT2D eigenvalue weighted by molar-refractivity contribution is 6.32. The predicted octanol–water partition coefficient (Wildman–Crippen LogP) is 4.01. The smallest absolute Gasteiger partial charge is 0.303 e. The number of aromatic nitrogens is 2. The largest absolute Gasteiger partial charge is 0.488 e. The van der Waals surface area contributed by atoms with Gasteiger partial charge in [0.25, 0.3) is 0 Å². The Labute approximate surface area is 151 Å². The van der Waals surface area contributed by atoms with Gasteiger partial charge in [-0.2, -0.15) is 0 Å². The molecule has 0 N–H and O–H groups in total. The van der Waals surface area contributed by atoms with Crippen molar-refractivity contribution in [3.63, 3.8) is 0 Å². The Morgan fingerprint density at radius 3 is 2.88 bits per heavy atom. The maximum Gasteiger partial charge on any atom is 0.303 e. The van der Waals surface area contributed by atoms with Gasteiger partial charge in [-0.25, -0.2) is 4.98 Å². The Hall–Kier alpha value is -2.53. The molecular weight excluding hydrogens is 340 g/mol. The number of halogens is 1. The van der Waals surface area contributed by atoms with Crippen molar-refractivity contribution in [2.24, 2.45) is 0 Å². The number of carbonyl (C=O) groups excluding carboxylic acids is 1. The fourth-order valence-corrected chi connectivity index (χ4v) is 2.81. The average molecular weight is 359 g/mol. The Morgan fingerprint density at radius 1 is 1.28 bits per heavy atom. The van der Waals surface area contributed by atoms with Gasteiger partial charge in [0, 0.05) is 6.92 Å². The molecule has 0 saturated heterocycles. The highest BCUT2D eigenvalue weighted by Gasteiger charge is 2.16. The highest BCUT2D eigenvalue weighted by atomic mass is 35.5. The quantitative estimate of drug-likeness (QED) is 0.625. The molecule has 1 aromatic heterocycles. The fraction of sp³-hybridized carbons (Fsp3) is 0.263. The Kier molecular flexibility index (Phi) is 5.24. The molecular formula is C19H19ClN2O3. The van der Waals surface area contributed by atoms with Crippen LogP contribution in [0.1, 0.15) is 12.5 Å². The van der Waals surface area contributed by atoms with E-state index >= 15 is 0 Å². The number of benzene rings is 2. The number of nitrogens with zero attached hydrogens (tertiary/aromatic N) is 2. The molecule has 0 saturated carbocycles. The molecule has 2 aromatic carbocycles. The van der Waals surface area contributed by atoms with Crippen molar-refractivity contribution in [1.29, 1.82) is 0 Å². The molecule has 0 bridgehead atoms. The predicted molar refractivity (Wildman–Crippen MR) is 97.0 cm³/mol. The average Bonchev–Trinajstić information content (AvgIpc) is 2.98. The molecule has 6 heteroatoms. The van der Waals surface area contributed by atoms with Gasteiger partial charge in [-0.05, 0) is 36.8 Å². The maximum absolute atomic E-state index is 11.4. The lowest BCUT2D eigenvalue weighted by molar-refractivity contribution is -0.148. The normalized spacial score (nSPS) is 12.1. The first-order chi connectivity index (χ1) is 12.0. The first-order valence-electron chi connectivity index (χ1n) is 7.99. The van der Waals surface area contributed by atoms with Crippen LogP contribution in [0, 0.1) is 6.92 Å². The van der Waals surface area contributed by atoms with Gasteiger partial charge < -0.3 is 14.0 Å². The molecule has 1 heterocycles. The van der Waals surface area contributed by atoms with Crippen LogP contribution in [0.2, 0.25) is 5.02 Å². The number of rotatable bonds is 6. The number of carbonyl (C=O) groups is 1. The molecule has 0 unspecified atom stereocenters. The zero-order valence-corrected chi connectivity index (χ0v) is 14.9. The monoisotopic (exact) mass is 358 g/mol. The topological polar surface area (TPSA) is 53.4 Å². The van der Waals surface area contributed by atoms with Crippen molar-refractivity contribution in [2.45, 2.75) is 26.5 Å². The Balaban J connectivity index is 1.75. The van der Waals surface area contributed by atoms with Crippen LogP contribution in [0.15, 0.2) is 48.8 Å².